The Bertz CT molecular complexity index is 1060. The molecule has 0 spiro atoms. The zero-order valence-electron chi connectivity index (χ0n) is 19.6. The lowest BCUT2D eigenvalue weighted by molar-refractivity contribution is -0.0832. The Morgan fingerprint density at radius 1 is 1.12 bits per heavy atom. The lowest BCUT2D eigenvalue weighted by Crippen LogP contribution is -2.51. The number of hydrogen-bond donors (Lipinski definition) is 2. The topological polar surface area (TPSA) is 102 Å². The van der Waals surface area contributed by atoms with Gasteiger partial charge >= 0.3 is 5.97 Å². The summed E-state index contributed by atoms with van der Waals surface area (Å²) in [7, 11) is 1.39. The van der Waals surface area contributed by atoms with E-state index < -0.39 is 18.4 Å². The number of carbonyl (C=O) groups is 2. The summed E-state index contributed by atoms with van der Waals surface area (Å²) < 4.78 is 16.6. The number of allylic oxidation sites excluding steroid dienone is 1. The highest BCUT2D eigenvalue weighted by Gasteiger charge is 2.56. The van der Waals surface area contributed by atoms with Crippen LogP contribution in [0.5, 0.6) is 11.5 Å². The van der Waals surface area contributed by atoms with E-state index >= 15 is 0 Å². The Morgan fingerprint density at radius 3 is 2.48 bits per heavy atom. The summed E-state index contributed by atoms with van der Waals surface area (Å²) in [5, 5.41) is 22.0. The summed E-state index contributed by atoms with van der Waals surface area (Å²) in [5.74, 6) is -0.0828. The Hall–Kier alpha value is -2.38. The predicted octanol–water partition coefficient (Wildman–Crippen LogP) is 4.12. The Labute approximate surface area is 193 Å². The molecule has 4 aliphatic rings. The van der Waals surface area contributed by atoms with Gasteiger partial charge in [-0.1, -0.05) is 32.9 Å². The van der Waals surface area contributed by atoms with Crippen molar-refractivity contribution < 1.29 is 34.0 Å². The second-order valence-corrected chi connectivity index (χ2v) is 11.0. The second kappa shape index (κ2) is 7.31. The fourth-order valence-electron chi connectivity index (χ4n) is 7.23. The van der Waals surface area contributed by atoms with Gasteiger partial charge in [0.25, 0.3) is 0 Å². The summed E-state index contributed by atoms with van der Waals surface area (Å²) in [4.78, 5) is 24.5. The van der Waals surface area contributed by atoms with Crippen molar-refractivity contribution in [3.63, 3.8) is 0 Å². The number of cyclic esters (lactones) is 1. The molecule has 2 N–H and O–H groups in total. The number of aliphatic hydroxyl groups excluding tert-OH is 2. The monoisotopic (exact) mass is 456 g/mol. The highest BCUT2D eigenvalue weighted by molar-refractivity contribution is 6.02. The minimum atomic E-state index is -1.58. The lowest BCUT2D eigenvalue weighted by atomic mass is 9.47. The zero-order valence-corrected chi connectivity index (χ0v) is 19.6. The molecule has 2 aliphatic carbocycles. The van der Waals surface area contributed by atoms with Crippen molar-refractivity contribution in [1.29, 1.82) is 0 Å². The van der Waals surface area contributed by atoms with Gasteiger partial charge in [0.05, 0.1) is 36.5 Å². The van der Waals surface area contributed by atoms with Crippen molar-refractivity contribution in [2.75, 3.05) is 13.7 Å². The molecule has 2 heterocycles. The molecule has 2 aliphatic heterocycles. The number of aliphatic hydroxyl groups is 2. The molecule has 178 valence electrons. The van der Waals surface area contributed by atoms with E-state index in [2.05, 4.69) is 27.4 Å². The first kappa shape index (κ1) is 22.4. The van der Waals surface area contributed by atoms with Crippen LogP contribution in [-0.2, 0) is 4.74 Å². The third-order valence-corrected chi connectivity index (χ3v) is 9.13. The molecular weight excluding hydrogens is 424 g/mol. The van der Waals surface area contributed by atoms with Crippen LogP contribution < -0.4 is 9.47 Å². The first-order valence-electron chi connectivity index (χ1n) is 11.7. The van der Waals surface area contributed by atoms with E-state index in [0.717, 1.165) is 25.7 Å². The molecule has 33 heavy (non-hydrogen) atoms. The highest BCUT2D eigenvalue weighted by Crippen LogP contribution is 2.64. The standard InChI is InChI=1S/C26H32O7/c1-12-14-7-9-26(4,15(12)6-8-25(14,2)3)16-11-32-21-13(10-27)17-18(24(30)33-23(17)29)22(31-5)19(21)20(16)28/h10,14-16,20,23,28-29H,1,6-9,11H2,2-5H3. The first-order chi connectivity index (χ1) is 15.6. The van der Waals surface area contributed by atoms with Crippen molar-refractivity contribution in [1.82, 2.24) is 0 Å². The molecule has 0 saturated heterocycles. The quantitative estimate of drug-likeness (QED) is 0.401. The van der Waals surface area contributed by atoms with Gasteiger partial charge in [-0.3, -0.25) is 4.79 Å². The molecule has 2 bridgehead atoms. The largest absolute Gasteiger partial charge is 0.495 e. The molecule has 2 saturated carbocycles. The van der Waals surface area contributed by atoms with E-state index in [1.165, 1.54) is 12.7 Å². The van der Waals surface area contributed by atoms with Crippen LogP contribution in [0.4, 0.5) is 0 Å². The van der Waals surface area contributed by atoms with Gasteiger partial charge in [-0.05, 0) is 48.3 Å². The van der Waals surface area contributed by atoms with Gasteiger partial charge in [-0.2, -0.15) is 0 Å². The van der Waals surface area contributed by atoms with E-state index in [0.29, 0.717) is 12.2 Å². The molecule has 1 aromatic rings. The second-order valence-electron chi connectivity index (χ2n) is 11.0. The van der Waals surface area contributed by atoms with Gasteiger partial charge < -0.3 is 24.4 Å². The van der Waals surface area contributed by atoms with Crippen LogP contribution >= 0.6 is 0 Å². The number of benzene rings is 1. The maximum Gasteiger partial charge on any atom is 0.345 e. The number of carbonyl (C=O) groups excluding carboxylic acids is 2. The molecule has 6 unspecified atom stereocenters. The van der Waals surface area contributed by atoms with Crippen LogP contribution in [0.3, 0.4) is 0 Å². The Morgan fingerprint density at radius 2 is 1.82 bits per heavy atom. The molecule has 7 nitrogen and oxygen atoms in total. The van der Waals surface area contributed by atoms with Crippen molar-refractivity contribution in [3.05, 3.63) is 34.4 Å². The third-order valence-electron chi connectivity index (χ3n) is 9.13. The van der Waals surface area contributed by atoms with Gasteiger partial charge in [-0.15, -0.1) is 0 Å². The van der Waals surface area contributed by atoms with Crippen LogP contribution in [0.1, 0.15) is 90.7 Å². The molecule has 2 fully saturated rings. The summed E-state index contributed by atoms with van der Waals surface area (Å²) in [5.41, 5.74) is 1.55. The van der Waals surface area contributed by atoms with Crippen molar-refractivity contribution in [3.8, 4) is 11.5 Å². The van der Waals surface area contributed by atoms with Crippen LogP contribution in [0.2, 0.25) is 0 Å². The van der Waals surface area contributed by atoms with Crippen molar-refractivity contribution in [2.24, 2.45) is 28.6 Å². The van der Waals surface area contributed by atoms with Gasteiger partial charge in [0.2, 0.25) is 6.29 Å². The molecule has 6 atom stereocenters. The predicted molar refractivity (Wildman–Crippen MR) is 119 cm³/mol. The van der Waals surface area contributed by atoms with Crippen molar-refractivity contribution >= 4 is 12.3 Å². The fraction of sp³-hybridized carbons (Fsp3) is 0.615. The molecule has 1 aromatic carbocycles. The van der Waals surface area contributed by atoms with Gasteiger partial charge in [0.1, 0.15) is 17.1 Å². The molecular formula is C26H32O7. The maximum atomic E-state index is 12.5. The minimum absolute atomic E-state index is 0.0214. The summed E-state index contributed by atoms with van der Waals surface area (Å²) >= 11 is 0. The van der Waals surface area contributed by atoms with Crippen LogP contribution in [0, 0.1) is 28.6 Å². The van der Waals surface area contributed by atoms with E-state index in [9.17, 15) is 19.8 Å². The number of esters is 1. The van der Waals surface area contributed by atoms with Gasteiger partial charge in [0.15, 0.2) is 6.29 Å². The van der Waals surface area contributed by atoms with Crippen LogP contribution in [0.15, 0.2) is 12.2 Å². The summed E-state index contributed by atoms with van der Waals surface area (Å²) in [6, 6.07) is 0. The summed E-state index contributed by atoms with van der Waals surface area (Å²) in [6.45, 7) is 11.6. The van der Waals surface area contributed by atoms with Gasteiger partial charge in [0, 0.05) is 5.92 Å². The smallest absolute Gasteiger partial charge is 0.345 e. The highest BCUT2D eigenvalue weighted by atomic mass is 16.6. The first-order valence-corrected chi connectivity index (χ1v) is 11.7. The molecule has 5 rings (SSSR count). The molecule has 7 heteroatoms. The number of rotatable bonds is 3. The lowest BCUT2D eigenvalue weighted by Gasteiger charge is -2.58. The van der Waals surface area contributed by atoms with E-state index in [1.807, 2.05) is 0 Å². The fourth-order valence-corrected chi connectivity index (χ4v) is 7.23. The molecule has 0 radical (unpaired) electrons. The van der Waals surface area contributed by atoms with E-state index in [4.69, 9.17) is 14.2 Å². The molecule has 0 amide bonds. The number of fused-ring (bicyclic) bond motifs is 4. The van der Waals surface area contributed by atoms with E-state index in [-0.39, 0.29) is 63.0 Å². The number of methoxy groups -OCH3 is 1. The van der Waals surface area contributed by atoms with Gasteiger partial charge in [-0.25, -0.2) is 4.79 Å². The number of ether oxygens (including phenoxy) is 3. The normalized spacial score (nSPS) is 36.4. The van der Waals surface area contributed by atoms with Crippen LogP contribution in [-0.4, -0.2) is 36.2 Å². The molecule has 0 aromatic heterocycles. The summed E-state index contributed by atoms with van der Waals surface area (Å²) in [6.07, 6.45) is 2.00. The Balaban J connectivity index is 1.61. The number of aldehydes is 1. The average Bonchev–Trinajstić information content (AvgIpc) is 3.05. The average molecular weight is 457 g/mol. The van der Waals surface area contributed by atoms with Crippen LogP contribution in [0.25, 0.3) is 0 Å². The zero-order chi connectivity index (χ0) is 23.9. The maximum absolute atomic E-state index is 12.5. The van der Waals surface area contributed by atoms with E-state index in [1.54, 1.807) is 0 Å². The van der Waals surface area contributed by atoms with Crippen molar-refractivity contribution in [2.45, 2.75) is 58.8 Å². The minimum Gasteiger partial charge on any atom is -0.495 e. The Kier molecular flexibility index (Phi) is 4.96. The SMILES string of the molecule is C=C1C2CCC(C)(C3COc4c(C=O)c5c(c(OC)c4C3O)C(=O)OC5O)C1CCC2(C)C. The third kappa shape index (κ3) is 2.88. The number of hydrogen-bond acceptors (Lipinski definition) is 7.